The van der Waals surface area contributed by atoms with Gasteiger partial charge in [0.2, 0.25) is 0 Å². The molecule has 0 bridgehead atoms. The topological polar surface area (TPSA) is 83.0 Å². The fraction of sp³-hybridized carbons (Fsp3) is 0.350. The van der Waals surface area contributed by atoms with E-state index in [0.717, 1.165) is 17.8 Å². The van der Waals surface area contributed by atoms with Crippen molar-refractivity contribution in [1.82, 2.24) is 9.88 Å². The van der Waals surface area contributed by atoms with Crippen molar-refractivity contribution in [1.29, 1.82) is 0 Å². The van der Waals surface area contributed by atoms with Gasteiger partial charge in [0, 0.05) is 32.4 Å². The van der Waals surface area contributed by atoms with Crippen molar-refractivity contribution in [3.63, 3.8) is 0 Å². The zero-order valence-corrected chi connectivity index (χ0v) is 17.2. The Morgan fingerprint density at radius 3 is 2.48 bits per heavy atom. The van der Waals surface area contributed by atoms with Crippen LogP contribution in [0.1, 0.15) is 21.5 Å². The second kappa shape index (κ2) is 9.01. The fourth-order valence-electron chi connectivity index (χ4n) is 3.10. The summed E-state index contributed by atoms with van der Waals surface area (Å²) in [6.07, 6.45) is -3.81. The minimum Gasteiger partial charge on any atom is -0.507 e. The number of piperazine rings is 1. The number of alkyl halides is 3. The van der Waals surface area contributed by atoms with Crippen LogP contribution in [0, 0.1) is 6.92 Å². The highest BCUT2D eigenvalue weighted by atomic mass is 35.5. The molecule has 2 heterocycles. The van der Waals surface area contributed by atoms with E-state index in [1.807, 2.05) is 0 Å². The van der Waals surface area contributed by atoms with E-state index in [-0.39, 0.29) is 35.2 Å². The molecule has 1 aromatic heterocycles. The van der Waals surface area contributed by atoms with Crippen molar-refractivity contribution in [2.75, 3.05) is 37.7 Å². The van der Waals surface area contributed by atoms with Crippen molar-refractivity contribution in [2.24, 2.45) is 0 Å². The summed E-state index contributed by atoms with van der Waals surface area (Å²) in [5.41, 5.74) is -0.208. The Bertz CT molecular complexity index is 992. The number of phenolic OH excluding ortho intramolecular Hbond substituents is 1. The number of hydrogen-bond acceptors (Lipinski definition) is 6. The number of rotatable bonds is 4. The molecule has 1 N–H and O–H groups in total. The van der Waals surface area contributed by atoms with Gasteiger partial charge >= 0.3 is 12.1 Å². The summed E-state index contributed by atoms with van der Waals surface area (Å²) < 4.78 is 43.3. The van der Waals surface area contributed by atoms with Gasteiger partial charge in [0.05, 0.1) is 10.6 Å². The van der Waals surface area contributed by atoms with Crippen molar-refractivity contribution in [2.45, 2.75) is 13.1 Å². The number of amides is 1. The number of pyridine rings is 1. The standard InChI is InChI=1S/C20H19ClF3N3O4/c1-12-2-3-16(28)14(8-12)19(30)31-11-17(29)26-4-6-27(7-5-26)18-15(21)9-13(10-25-18)20(22,23)24/h2-3,8-10,28H,4-7,11H2,1H3. The van der Waals surface area contributed by atoms with E-state index in [1.54, 1.807) is 17.9 Å². The summed E-state index contributed by atoms with van der Waals surface area (Å²) in [7, 11) is 0. The molecule has 11 heteroatoms. The van der Waals surface area contributed by atoms with Gasteiger partial charge in [-0.25, -0.2) is 9.78 Å². The van der Waals surface area contributed by atoms with Crippen LogP contribution in [0.5, 0.6) is 5.75 Å². The minimum absolute atomic E-state index is 0.0272. The Kier molecular flexibility index (Phi) is 6.59. The van der Waals surface area contributed by atoms with Crippen LogP contribution < -0.4 is 4.90 Å². The Morgan fingerprint density at radius 2 is 1.87 bits per heavy atom. The first-order chi connectivity index (χ1) is 14.6. The quantitative estimate of drug-likeness (QED) is 0.709. The molecule has 1 fully saturated rings. The second-order valence-corrected chi connectivity index (χ2v) is 7.40. The lowest BCUT2D eigenvalue weighted by molar-refractivity contribution is -0.138. The molecule has 0 atom stereocenters. The van der Waals surface area contributed by atoms with Gasteiger partial charge < -0.3 is 19.6 Å². The molecular weight excluding hydrogens is 439 g/mol. The highest BCUT2D eigenvalue weighted by molar-refractivity contribution is 6.33. The number of ether oxygens (including phenoxy) is 1. The third-order valence-electron chi connectivity index (χ3n) is 4.78. The van der Waals surface area contributed by atoms with Gasteiger partial charge in [-0.05, 0) is 25.1 Å². The number of phenols is 1. The van der Waals surface area contributed by atoms with E-state index in [4.69, 9.17) is 16.3 Å². The van der Waals surface area contributed by atoms with E-state index >= 15 is 0 Å². The van der Waals surface area contributed by atoms with Gasteiger partial charge in [0.25, 0.3) is 5.91 Å². The van der Waals surface area contributed by atoms with Crippen molar-refractivity contribution >= 4 is 29.3 Å². The molecule has 0 spiro atoms. The SMILES string of the molecule is Cc1ccc(O)c(C(=O)OCC(=O)N2CCN(c3ncc(C(F)(F)F)cc3Cl)CC2)c1. The number of hydrogen-bond donors (Lipinski definition) is 1. The molecule has 1 aliphatic heterocycles. The first-order valence-electron chi connectivity index (χ1n) is 9.28. The van der Waals surface area contributed by atoms with Gasteiger partial charge in [-0.1, -0.05) is 23.2 Å². The van der Waals surface area contributed by atoms with E-state index in [0.29, 0.717) is 13.1 Å². The Labute approximate surface area is 181 Å². The van der Waals surface area contributed by atoms with Crippen LogP contribution in [0.2, 0.25) is 5.02 Å². The monoisotopic (exact) mass is 457 g/mol. The Hall–Kier alpha value is -3.01. The van der Waals surface area contributed by atoms with Crippen LogP contribution in [0.4, 0.5) is 19.0 Å². The molecule has 1 aromatic carbocycles. The van der Waals surface area contributed by atoms with Gasteiger partial charge in [-0.3, -0.25) is 4.79 Å². The first kappa shape index (κ1) is 22.7. The number of aromatic nitrogens is 1. The lowest BCUT2D eigenvalue weighted by Crippen LogP contribution is -2.50. The number of aromatic hydroxyl groups is 1. The van der Waals surface area contributed by atoms with Gasteiger partial charge in [0.15, 0.2) is 6.61 Å². The van der Waals surface area contributed by atoms with E-state index in [2.05, 4.69) is 4.98 Å². The van der Waals surface area contributed by atoms with E-state index < -0.39 is 30.2 Å². The van der Waals surface area contributed by atoms with Crippen molar-refractivity contribution < 1.29 is 32.6 Å². The summed E-state index contributed by atoms with van der Waals surface area (Å²) in [6, 6.07) is 5.28. The summed E-state index contributed by atoms with van der Waals surface area (Å²) in [6.45, 7) is 2.37. The number of esters is 1. The van der Waals surface area contributed by atoms with Crippen LogP contribution in [-0.4, -0.2) is 59.7 Å². The van der Waals surface area contributed by atoms with Gasteiger partial charge in [-0.2, -0.15) is 13.2 Å². The molecule has 1 aliphatic rings. The van der Waals surface area contributed by atoms with Crippen LogP contribution in [0.15, 0.2) is 30.5 Å². The average Bonchev–Trinajstić information content (AvgIpc) is 2.73. The molecule has 2 aromatic rings. The van der Waals surface area contributed by atoms with E-state index in [1.165, 1.54) is 17.0 Å². The molecular formula is C20H19ClF3N3O4. The molecule has 166 valence electrons. The van der Waals surface area contributed by atoms with Crippen LogP contribution in [-0.2, 0) is 15.7 Å². The Balaban J connectivity index is 1.54. The predicted molar refractivity (Wildman–Crippen MR) is 106 cm³/mol. The van der Waals surface area contributed by atoms with Crippen LogP contribution >= 0.6 is 11.6 Å². The maximum absolute atomic E-state index is 12.8. The molecule has 0 aliphatic carbocycles. The summed E-state index contributed by atoms with van der Waals surface area (Å²) in [4.78, 5) is 31.4. The molecule has 0 radical (unpaired) electrons. The third kappa shape index (κ3) is 5.38. The number of carbonyl (C=O) groups is 2. The highest BCUT2D eigenvalue weighted by Crippen LogP contribution is 2.33. The van der Waals surface area contributed by atoms with Crippen molar-refractivity contribution in [3.8, 4) is 5.75 Å². The van der Waals surface area contributed by atoms with E-state index in [9.17, 15) is 27.9 Å². The molecule has 1 amide bonds. The summed E-state index contributed by atoms with van der Waals surface area (Å²) in [5.74, 6) is -1.26. The number of benzene rings is 1. The van der Waals surface area contributed by atoms with Gasteiger partial charge in [0.1, 0.15) is 17.1 Å². The Morgan fingerprint density at radius 1 is 1.19 bits per heavy atom. The van der Waals surface area contributed by atoms with Crippen LogP contribution in [0.25, 0.3) is 0 Å². The summed E-state index contributed by atoms with van der Waals surface area (Å²) in [5, 5.41) is 9.64. The predicted octanol–water partition coefficient (Wildman–Crippen LogP) is 3.27. The molecule has 0 unspecified atom stereocenters. The zero-order valence-electron chi connectivity index (χ0n) is 16.4. The molecule has 0 saturated carbocycles. The first-order valence-corrected chi connectivity index (χ1v) is 9.66. The van der Waals surface area contributed by atoms with Crippen molar-refractivity contribution in [3.05, 3.63) is 52.2 Å². The smallest absolute Gasteiger partial charge is 0.417 e. The maximum Gasteiger partial charge on any atom is 0.417 e. The summed E-state index contributed by atoms with van der Waals surface area (Å²) >= 11 is 5.97. The number of anilines is 1. The number of halogens is 4. The molecule has 1 saturated heterocycles. The highest BCUT2D eigenvalue weighted by Gasteiger charge is 2.32. The number of aryl methyl sites for hydroxylation is 1. The normalized spacial score (nSPS) is 14.5. The lowest BCUT2D eigenvalue weighted by Gasteiger charge is -2.35. The number of carbonyl (C=O) groups excluding carboxylic acids is 2. The lowest BCUT2D eigenvalue weighted by atomic mass is 10.1. The third-order valence-corrected chi connectivity index (χ3v) is 5.06. The molecule has 3 rings (SSSR count). The maximum atomic E-state index is 12.8. The number of nitrogens with zero attached hydrogens (tertiary/aromatic N) is 3. The van der Waals surface area contributed by atoms with Crippen LogP contribution in [0.3, 0.4) is 0 Å². The second-order valence-electron chi connectivity index (χ2n) is 6.99. The van der Waals surface area contributed by atoms with Gasteiger partial charge in [-0.15, -0.1) is 0 Å². The zero-order chi connectivity index (χ0) is 22.8. The molecule has 31 heavy (non-hydrogen) atoms. The molecule has 7 nitrogen and oxygen atoms in total. The largest absolute Gasteiger partial charge is 0.507 e. The minimum atomic E-state index is -4.53. The average molecular weight is 458 g/mol. The fourth-order valence-corrected chi connectivity index (χ4v) is 3.38.